The first kappa shape index (κ1) is 9.46. The Labute approximate surface area is 73.3 Å². The van der Waals surface area contributed by atoms with E-state index in [2.05, 4.69) is 6.92 Å². The Morgan fingerprint density at radius 2 is 2.50 bits per heavy atom. The Bertz CT molecular complexity index is 184. The van der Waals surface area contributed by atoms with E-state index in [9.17, 15) is 9.90 Å². The second kappa shape index (κ2) is 4.41. The molecule has 0 saturated carbocycles. The van der Waals surface area contributed by atoms with Crippen molar-refractivity contribution in [3.63, 3.8) is 0 Å². The zero-order valence-electron chi connectivity index (χ0n) is 7.49. The van der Waals surface area contributed by atoms with Gasteiger partial charge in [-0.25, -0.2) is 0 Å². The molecule has 0 fully saturated rings. The minimum atomic E-state index is -0.424. The molecule has 2 atom stereocenters. The van der Waals surface area contributed by atoms with Crippen LogP contribution in [0.2, 0.25) is 0 Å². The van der Waals surface area contributed by atoms with Crippen LogP contribution in [0, 0.1) is 5.92 Å². The van der Waals surface area contributed by atoms with Crippen molar-refractivity contribution in [1.29, 1.82) is 0 Å². The minimum Gasteiger partial charge on any atom is -0.392 e. The number of hydrogen-bond donors (Lipinski definition) is 1. The lowest BCUT2D eigenvalue weighted by Gasteiger charge is -2.15. The van der Waals surface area contributed by atoms with E-state index in [4.69, 9.17) is 0 Å². The zero-order chi connectivity index (χ0) is 8.97. The molecule has 0 radical (unpaired) electrons. The van der Waals surface area contributed by atoms with Crippen molar-refractivity contribution in [3.8, 4) is 0 Å². The molecular weight excluding hydrogens is 152 g/mol. The Hall–Kier alpha value is -0.630. The Kier molecular flexibility index (Phi) is 3.48. The van der Waals surface area contributed by atoms with E-state index in [1.54, 1.807) is 6.08 Å². The van der Waals surface area contributed by atoms with Crippen LogP contribution < -0.4 is 0 Å². The number of aliphatic hydroxyl groups is 1. The molecule has 1 rings (SSSR count). The highest BCUT2D eigenvalue weighted by Gasteiger charge is 2.26. The third-order valence-electron chi connectivity index (χ3n) is 2.36. The van der Waals surface area contributed by atoms with Crippen molar-refractivity contribution in [2.75, 3.05) is 0 Å². The maximum absolute atomic E-state index is 11.1. The van der Waals surface area contributed by atoms with Crippen LogP contribution >= 0.6 is 0 Å². The highest BCUT2D eigenvalue weighted by molar-refractivity contribution is 5.94. The average molecular weight is 168 g/mol. The summed E-state index contributed by atoms with van der Waals surface area (Å²) in [4.78, 5) is 11.1. The quantitative estimate of drug-likeness (QED) is 0.693. The van der Waals surface area contributed by atoms with Crippen molar-refractivity contribution in [2.45, 2.75) is 38.7 Å². The minimum absolute atomic E-state index is 0.0959. The lowest BCUT2D eigenvalue weighted by atomic mass is 9.95. The number of unbranched alkanes of at least 4 members (excludes halogenated alkanes) is 1. The number of allylic oxidation sites excluding steroid dienone is 2. The number of rotatable bonds is 4. The zero-order valence-corrected chi connectivity index (χ0v) is 7.49. The van der Waals surface area contributed by atoms with Crippen LogP contribution in [-0.4, -0.2) is 17.0 Å². The molecule has 0 amide bonds. The summed E-state index contributed by atoms with van der Waals surface area (Å²) < 4.78 is 0. The van der Waals surface area contributed by atoms with E-state index in [1.165, 1.54) is 0 Å². The molecule has 2 nitrogen and oxygen atoms in total. The number of carbonyl (C=O) groups is 1. The number of ketones is 1. The molecule has 2 heteroatoms. The van der Waals surface area contributed by atoms with Crippen molar-refractivity contribution < 1.29 is 9.90 Å². The monoisotopic (exact) mass is 168 g/mol. The van der Waals surface area contributed by atoms with Gasteiger partial charge >= 0.3 is 0 Å². The molecule has 68 valence electrons. The first-order valence-corrected chi connectivity index (χ1v) is 4.64. The fraction of sp³-hybridized carbons (Fsp3) is 0.700. The van der Waals surface area contributed by atoms with Gasteiger partial charge in [-0.3, -0.25) is 4.79 Å². The fourth-order valence-electron chi connectivity index (χ4n) is 1.53. The van der Waals surface area contributed by atoms with Crippen LogP contribution in [0.25, 0.3) is 0 Å². The van der Waals surface area contributed by atoms with Crippen LogP contribution in [0.3, 0.4) is 0 Å². The third-order valence-corrected chi connectivity index (χ3v) is 2.36. The third kappa shape index (κ3) is 2.18. The summed E-state index contributed by atoms with van der Waals surface area (Å²) in [5, 5.41) is 9.59. The number of carbonyl (C=O) groups excluding carboxylic acids is 1. The molecule has 0 unspecified atom stereocenters. The molecule has 0 aromatic rings. The second-order valence-electron chi connectivity index (χ2n) is 3.36. The van der Waals surface area contributed by atoms with Crippen molar-refractivity contribution in [1.82, 2.24) is 0 Å². The van der Waals surface area contributed by atoms with E-state index < -0.39 is 6.10 Å². The van der Waals surface area contributed by atoms with Crippen LogP contribution in [-0.2, 0) is 4.79 Å². The standard InChI is InChI=1S/C10H16O2/c1-2-3-6-9(11)8-5-4-7-10(8)12/h4,7-9,11H,2-3,5-6H2,1H3/t8-,9+/m0/s1. The van der Waals surface area contributed by atoms with Gasteiger partial charge in [0.05, 0.1) is 12.0 Å². The van der Waals surface area contributed by atoms with Crippen LogP contribution in [0.1, 0.15) is 32.6 Å². The predicted molar refractivity (Wildman–Crippen MR) is 47.8 cm³/mol. The molecule has 0 spiro atoms. The lowest BCUT2D eigenvalue weighted by molar-refractivity contribution is -0.120. The van der Waals surface area contributed by atoms with Gasteiger partial charge in [0, 0.05) is 0 Å². The molecule has 0 aromatic carbocycles. The normalized spacial score (nSPS) is 24.8. The van der Waals surface area contributed by atoms with E-state index in [0.717, 1.165) is 25.7 Å². The summed E-state index contributed by atoms with van der Waals surface area (Å²) in [6.07, 6.45) is 6.57. The molecule has 0 aromatic heterocycles. The second-order valence-corrected chi connectivity index (χ2v) is 3.36. The Morgan fingerprint density at radius 1 is 1.75 bits per heavy atom. The van der Waals surface area contributed by atoms with Gasteiger partial charge in [-0.1, -0.05) is 25.8 Å². The highest BCUT2D eigenvalue weighted by Crippen LogP contribution is 2.21. The van der Waals surface area contributed by atoms with E-state index in [-0.39, 0.29) is 11.7 Å². The Balaban J connectivity index is 2.32. The molecule has 1 aliphatic carbocycles. The van der Waals surface area contributed by atoms with E-state index in [0.29, 0.717) is 0 Å². The highest BCUT2D eigenvalue weighted by atomic mass is 16.3. The largest absolute Gasteiger partial charge is 0.392 e. The van der Waals surface area contributed by atoms with E-state index in [1.807, 2.05) is 6.08 Å². The predicted octanol–water partition coefficient (Wildman–Crippen LogP) is 1.68. The van der Waals surface area contributed by atoms with Crippen LogP contribution in [0.4, 0.5) is 0 Å². The molecular formula is C10H16O2. The summed E-state index contributed by atoms with van der Waals surface area (Å²) in [7, 11) is 0. The van der Waals surface area contributed by atoms with Crippen LogP contribution in [0.5, 0.6) is 0 Å². The first-order chi connectivity index (χ1) is 5.75. The van der Waals surface area contributed by atoms with Gasteiger partial charge in [-0.05, 0) is 18.9 Å². The maximum Gasteiger partial charge on any atom is 0.161 e. The number of hydrogen-bond acceptors (Lipinski definition) is 2. The number of aliphatic hydroxyl groups excluding tert-OH is 1. The van der Waals surface area contributed by atoms with Crippen molar-refractivity contribution in [3.05, 3.63) is 12.2 Å². The topological polar surface area (TPSA) is 37.3 Å². The van der Waals surface area contributed by atoms with Crippen molar-refractivity contribution >= 4 is 5.78 Å². The summed E-state index contributed by atoms with van der Waals surface area (Å²) in [5.74, 6) is -0.0462. The Morgan fingerprint density at radius 3 is 3.00 bits per heavy atom. The first-order valence-electron chi connectivity index (χ1n) is 4.64. The fourth-order valence-corrected chi connectivity index (χ4v) is 1.53. The van der Waals surface area contributed by atoms with Gasteiger partial charge < -0.3 is 5.11 Å². The molecule has 12 heavy (non-hydrogen) atoms. The van der Waals surface area contributed by atoms with Gasteiger partial charge in [-0.15, -0.1) is 0 Å². The molecule has 0 aliphatic heterocycles. The summed E-state index contributed by atoms with van der Waals surface area (Å²) in [6, 6.07) is 0. The summed E-state index contributed by atoms with van der Waals surface area (Å²) in [6.45, 7) is 2.08. The summed E-state index contributed by atoms with van der Waals surface area (Å²) >= 11 is 0. The van der Waals surface area contributed by atoms with Gasteiger partial charge in [0.2, 0.25) is 0 Å². The average Bonchev–Trinajstić information content (AvgIpc) is 2.47. The van der Waals surface area contributed by atoms with E-state index >= 15 is 0 Å². The van der Waals surface area contributed by atoms with Gasteiger partial charge in [0.1, 0.15) is 0 Å². The SMILES string of the molecule is CCCC[C@@H](O)[C@@H]1CC=CC1=O. The maximum atomic E-state index is 11.1. The van der Waals surface area contributed by atoms with Crippen LogP contribution in [0.15, 0.2) is 12.2 Å². The molecule has 1 N–H and O–H groups in total. The van der Waals surface area contributed by atoms with Gasteiger partial charge in [-0.2, -0.15) is 0 Å². The van der Waals surface area contributed by atoms with Gasteiger partial charge in [0.25, 0.3) is 0 Å². The molecule has 0 saturated heterocycles. The van der Waals surface area contributed by atoms with Crippen molar-refractivity contribution in [2.24, 2.45) is 5.92 Å². The lowest BCUT2D eigenvalue weighted by Crippen LogP contribution is -2.24. The molecule has 1 aliphatic rings. The summed E-state index contributed by atoms with van der Waals surface area (Å²) in [5.41, 5.74) is 0. The molecule has 0 heterocycles. The smallest absolute Gasteiger partial charge is 0.161 e. The molecule has 0 bridgehead atoms. The van der Waals surface area contributed by atoms with Gasteiger partial charge in [0.15, 0.2) is 5.78 Å².